The van der Waals surface area contributed by atoms with Gasteiger partial charge < -0.3 is 9.47 Å². The Balaban J connectivity index is 1.92. The first-order valence-corrected chi connectivity index (χ1v) is 6.95. The first kappa shape index (κ1) is 13.7. The van der Waals surface area contributed by atoms with Gasteiger partial charge in [0.2, 0.25) is 0 Å². The van der Waals surface area contributed by atoms with E-state index in [2.05, 4.69) is 0 Å². The van der Waals surface area contributed by atoms with Crippen molar-refractivity contribution < 1.29 is 18.3 Å². The minimum absolute atomic E-state index is 0.0449. The summed E-state index contributed by atoms with van der Waals surface area (Å²) in [5.41, 5.74) is -0.0449. The monoisotopic (exact) mass is 305 g/mol. The number of nitrogens with zero attached hydrogens (tertiary/aromatic N) is 1. The third-order valence-corrected chi connectivity index (χ3v) is 3.94. The second kappa shape index (κ2) is 5.62. The van der Waals surface area contributed by atoms with Gasteiger partial charge in [0.1, 0.15) is 24.8 Å². The summed E-state index contributed by atoms with van der Waals surface area (Å²) in [6.45, 7) is 0.930. The molecule has 0 saturated carbocycles. The van der Waals surface area contributed by atoms with Crippen molar-refractivity contribution in [3.05, 3.63) is 47.5 Å². The molecule has 0 atom stereocenters. The maximum absolute atomic E-state index is 13.9. The van der Waals surface area contributed by atoms with Crippen LogP contribution in [0.4, 0.5) is 8.78 Å². The summed E-state index contributed by atoms with van der Waals surface area (Å²) in [5, 5.41) is 8.68. The van der Waals surface area contributed by atoms with Gasteiger partial charge in [-0.15, -0.1) is 0 Å². The van der Waals surface area contributed by atoms with Gasteiger partial charge in [0.25, 0.3) is 0 Å². The third kappa shape index (κ3) is 2.78. The second-order valence-electron chi connectivity index (χ2n) is 4.29. The molecule has 0 spiro atoms. The van der Waals surface area contributed by atoms with E-state index in [9.17, 15) is 8.78 Å². The van der Waals surface area contributed by atoms with E-state index in [1.807, 2.05) is 0 Å². The normalized spacial score (nSPS) is 12.8. The van der Waals surface area contributed by atoms with Crippen LogP contribution in [0, 0.1) is 23.0 Å². The molecule has 1 aliphatic heterocycles. The van der Waals surface area contributed by atoms with Crippen LogP contribution in [-0.2, 0) is 0 Å². The van der Waals surface area contributed by atoms with Gasteiger partial charge in [-0.3, -0.25) is 0 Å². The molecule has 21 heavy (non-hydrogen) atoms. The highest BCUT2D eigenvalue weighted by molar-refractivity contribution is 7.99. The smallest absolute Gasteiger partial charge is 0.162 e. The number of fused-ring (bicyclic) bond motifs is 1. The van der Waals surface area contributed by atoms with Crippen molar-refractivity contribution in [2.45, 2.75) is 9.79 Å². The van der Waals surface area contributed by atoms with Gasteiger partial charge >= 0.3 is 0 Å². The molecule has 6 heteroatoms. The Labute approximate surface area is 124 Å². The maximum Gasteiger partial charge on any atom is 0.162 e. The van der Waals surface area contributed by atoms with Crippen molar-refractivity contribution in [3.63, 3.8) is 0 Å². The Morgan fingerprint density at radius 3 is 2.33 bits per heavy atom. The first-order chi connectivity index (χ1) is 10.2. The van der Waals surface area contributed by atoms with Gasteiger partial charge in [0, 0.05) is 4.90 Å². The number of benzene rings is 2. The fourth-order valence-corrected chi connectivity index (χ4v) is 2.78. The minimum atomic E-state index is -0.758. The van der Waals surface area contributed by atoms with Gasteiger partial charge in [-0.25, -0.2) is 8.78 Å². The van der Waals surface area contributed by atoms with Crippen molar-refractivity contribution in [1.82, 2.24) is 0 Å². The van der Waals surface area contributed by atoms with Crippen molar-refractivity contribution in [1.29, 1.82) is 5.26 Å². The lowest BCUT2D eigenvalue weighted by Crippen LogP contribution is -2.15. The second-order valence-corrected chi connectivity index (χ2v) is 5.37. The molecule has 1 aliphatic rings. The van der Waals surface area contributed by atoms with E-state index >= 15 is 0 Å². The van der Waals surface area contributed by atoms with Crippen molar-refractivity contribution >= 4 is 11.8 Å². The molecule has 0 aliphatic carbocycles. The van der Waals surface area contributed by atoms with Crippen molar-refractivity contribution in [2.24, 2.45) is 0 Å². The largest absolute Gasteiger partial charge is 0.486 e. The summed E-state index contributed by atoms with van der Waals surface area (Å²) < 4.78 is 38.5. The van der Waals surface area contributed by atoms with E-state index in [1.165, 1.54) is 0 Å². The summed E-state index contributed by atoms with van der Waals surface area (Å²) in [6.07, 6.45) is 0. The lowest BCUT2D eigenvalue weighted by atomic mass is 10.2. The Morgan fingerprint density at radius 2 is 1.67 bits per heavy atom. The molecule has 0 fully saturated rings. The molecule has 0 amide bonds. The summed E-state index contributed by atoms with van der Waals surface area (Å²) in [4.78, 5) is 0.479. The quantitative estimate of drug-likeness (QED) is 0.847. The molecule has 2 aromatic carbocycles. The zero-order chi connectivity index (χ0) is 14.8. The van der Waals surface area contributed by atoms with Crippen LogP contribution >= 0.6 is 11.8 Å². The van der Waals surface area contributed by atoms with Gasteiger partial charge in [0.05, 0.1) is 16.5 Å². The van der Waals surface area contributed by atoms with Crippen LogP contribution in [0.15, 0.2) is 40.1 Å². The highest BCUT2D eigenvalue weighted by Gasteiger charge is 2.16. The van der Waals surface area contributed by atoms with Crippen LogP contribution in [-0.4, -0.2) is 13.2 Å². The SMILES string of the molecule is N#Cc1cc(F)c(Sc2ccc3c(c2)OCCO3)c(F)c1. The van der Waals surface area contributed by atoms with E-state index in [1.54, 1.807) is 24.3 Å². The highest BCUT2D eigenvalue weighted by atomic mass is 32.2. The number of ether oxygens (including phenoxy) is 2. The predicted octanol–water partition coefficient (Wildman–Crippen LogP) is 3.76. The Morgan fingerprint density at radius 1 is 1.00 bits per heavy atom. The van der Waals surface area contributed by atoms with E-state index in [4.69, 9.17) is 14.7 Å². The van der Waals surface area contributed by atoms with Crippen molar-refractivity contribution in [2.75, 3.05) is 13.2 Å². The summed E-state index contributed by atoms with van der Waals surface area (Å²) in [7, 11) is 0. The average Bonchev–Trinajstić information content (AvgIpc) is 2.50. The van der Waals surface area contributed by atoms with Crippen molar-refractivity contribution in [3.8, 4) is 17.6 Å². The first-order valence-electron chi connectivity index (χ1n) is 6.14. The molecule has 0 bridgehead atoms. The molecule has 1 heterocycles. The number of halogens is 2. The molecule has 0 saturated heterocycles. The van der Waals surface area contributed by atoms with Gasteiger partial charge in [-0.05, 0) is 30.3 Å². The topological polar surface area (TPSA) is 42.2 Å². The Bertz CT molecular complexity index is 720. The minimum Gasteiger partial charge on any atom is -0.486 e. The summed E-state index contributed by atoms with van der Waals surface area (Å²) in [6, 6.07) is 8.83. The zero-order valence-electron chi connectivity index (χ0n) is 10.7. The van der Waals surface area contributed by atoms with Crippen LogP contribution in [0.2, 0.25) is 0 Å². The lowest BCUT2D eigenvalue weighted by Gasteiger charge is -2.18. The fraction of sp³-hybridized carbons (Fsp3) is 0.133. The average molecular weight is 305 g/mol. The van der Waals surface area contributed by atoms with Crippen LogP contribution in [0.1, 0.15) is 5.56 Å². The van der Waals surface area contributed by atoms with Crippen LogP contribution < -0.4 is 9.47 Å². The summed E-state index contributed by atoms with van der Waals surface area (Å²) >= 11 is 0.938. The van der Waals surface area contributed by atoms with Gasteiger partial charge in [0.15, 0.2) is 11.5 Å². The van der Waals surface area contributed by atoms with Gasteiger partial charge in [-0.1, -0.05) is 11.8 Å². The van der Waals surface area contributed by atoms with E-state index in [0.29, 0.717) is 29.6 Å². The van der Waals surface area contributed by atoms with Crippen LogP contribution in [0.5, 0.6) is 11.5 Å². The summed E-state index contributed by atoms with van der Waals surface area (Å²) in [5.74, 6) is -0.343. The highest BCUT2D eigenvalue weighted by Crippen LogP contribution is 2.38. The molecule has 3 nitrogen and oxygen atoms in total. The zero-order valence-corrected chi connectivity index (χ0v) is 11.5. The predicted molar refractivity (Wildman–Crippen MR) is 72.6 cm³/mol. The molecule has 0 radical (unpaired) electrons. The molecule has 2 aromatic rings. The van der Waals surface area contributed by atoms with Crippen LogP contribution in [0.3, 0.4) is 0 Å². The molecule has 0 unspecified atom stereocenters. The molecule has 3 rings (SSSR count). The third-order valence-electron chi connectivity index (χ3n) is 2.86. The lowest BCUT2D eigenvalue weighted by molar-refractivity contribution is 0.171. The number of rotatable bonds is 2. The van der Waals surface area contributed by atoms with Crippen LogP contribution in [0.25, 0.3) is 0 Å². The standard InChI is InChI=1S/C15H9F2NO2S/c16-11-5-9(8-18)6-12(17)15(11)21-10-1-2-13-14(7-10)20-4-3-19-13/h1-2,5-7H,3-4H2. The molecular formula is C15H9F2NO2S. The maximum atomic E-state index is 13.9. The molecule has 0 N–H and O–H groups in total. The fourth-order valence-electron chi connectivity index (χ4n) is 1.93. The molecule has 0 aromatic heterocycles. The number of nitriles is 1. The van der Waals surface area contributed by atoms with Gasteiger partial charge in [-0.2, -0.15) is 5.26 Å². The van der Waals surface area contributed by atoms with E-state index in [-0.39, 0.29) is 10.5 Å². The van der Waals surface area contributed by atoms with E-state index in [0.717, 1.165) is 23.9 Å². The molecule has 106 valence electrons. The number of hydrogen-bond donors (Lipinski definition) is 0. The Kier molecular flexibility index (Phi) is 3.67. The molecular weight excluding hydrogens is 296 g/mol. The number of hydrogen-bond acceptors (Lipinski definition) is 4. The van der Waals surface area contributed by atoms with E-state index < -0.39 is 11.6 Å². The Hall–Kier alpha value is -2.26.